The van der Waals surface area contributed by atoms with Gasteiger partial charge in [0.15, 0.2) is 0 Å². The molecular weight excluding hydrogens is 286 g/mol. The first-order valence-corrected chi connectivity index (χ1v) is 7.34. The van der Waals surface area contributed by atoms with Crippen molar-refractivity contribution in [1.29, 1.82) is 5.26 Å². The second-order valence-corrected chi connectivity index (χ2v) is 5.84. The van der Waals surface area contributed by atoms with Gasteiger partial charge in [-0.2, -0.15) is 5.26 Å². The van der Waals surface area contributed by atoms with Crippen molar-refractivity contribution in [2.45, 2.75) is 19.3 Å². The Morgan fingerprint density at radius 1 is 1.43 bits per heavy atom. The van der Waals surface area contributed by atoms with Crippen molar-refractivity contribution in [2.75, 3.05) is 0 Å². The summed E-state index contributed by atoms with van der Waals surface area (Å²) in [5, 5.41) is 20.7. The molecule has 0 bridgehead atoms. The molecule has 2 aromatic rings. The molecule has 104 valence electrons. The highest BCUT2D eigenvalue weighted by Gasteiger charge is 2.21. The van der Waals surface area contributed by atoms with Gasteiger partial charge >= 0.3 is 0 Å². The highest BCUT2D eigenvalue weighted by molar-refractivity contribution is 7.16. The molecule has 0 amide bonds. The minimum atomic E-state index is -0.433. The Labute approximate surface area is 125 Å². The third-order valence-corrected chi connectivity index (χ3v) is 4.63. The highest BCUT2D eigenvalue weighted by atomic mass is 32.1. The number of fused-ring (bicyclic) bond motifs is 1. The van der Waals surface area contributed by atoms with Gasteiger partial charge in [-0.15, -0.1) is 11.3 Å². The number of aryl methyl sites for hydroxylation is 1. The lowest BCUT2D eigenvalue weighted by Gasteiger charge is -1.95. The van der Waals surface area contributed by atoms with Crippen molar-refractivity contribution in [3.8, 4) is 6.07 Å². The molecule has 0 saturated heterocycles. The van der Waals surface area contributed by atoms with Gasteiger partial charge in [0, 0.05) is 23.2 Å². The van der Waals surface area contributed by atoms with Gasteiger partial charge in [-0.3, -0.25) is 10.1 Å². The van der Waals surface area contributed by atoms with E-state index in [4.69, 9.17) is 0 Å². The maximum absolute atomic E-state index is 10.7. The Morgan fingerprint density at radius 2 is 2.29 bits per heavy atom. The molecule has 0 saturated carbocycles. The fraction of sp³-hybridized carbons (Fsp3) is 0.200. The third-order valence-electron chi connectivity index (χ3n) is 3.43. The second-order valence-electron chi connectivity index (χ2n) is 4.76. The zero-order valence-corrected chi connectivity index (χ0v) is 11.9. The summed E-state index contributed by atoms with van der Waals surface area (Å²) >= 11 is 1.55. The molecule has 0 N–H and O–H groups in total. The van der Waals surface area contributed by atoms with Gasteiger partial charge in [-0.25, -0.2) is 4.99 Å². The van der Waals surface area contributed by atoms with E-state index >= 15 is 0 Å². The molecule has 21 heavy (non-hydrogen) atoms. The van der Waals surface area contributed by atoms with Crippen molar-refractivity contribution >= 4 is 28.2 Å². The van der Waals surface area contributed by atoms with Crippen molar-refractivity contribution in [3.63, 3.8) is 0 Å². The summed E-state index contributed by atoms with van der Waals surface area (Å²) in [7, 11) is 0. The number of thiophene rings is 1. The van der Waals surface area contributed by atoms with Crippen LogP contribution in [0.4, 0.5) is 10.7 Å². The van der Waals surface area contributed by atoms with Crippen LogP contribution < -0.4 is 0 Å². The zero-order chi connectivity index (χ0) is 14.8. The van der Waals surface area contributed by atoms with E-state index in [0.717, 1.165) is 24.8 Å². The molecule has 0 atom stereocenters. The van der Waals surface area contributed by atoms with Crippen molar-refractivity contribution in [1.82, 2.24) is 0 Å². The number of aliphatic imine (C=N–C) groups is 1. The summed E-state index contributed by atoms with van der Waals surface area (Å²) in [5.74, 6) is 0. The molecule has 1 aromatic carbocycles. The van der Waals surface area contributed by atoms with Crippen LogP contribution in [0.1, 0.15) is 28.0 Å². The average molecular weight is 297 g/mol. The monoisotopic (exact) mass is 297 g/mol. The number of nitro groups is 1. The minimum absolute atomic E-state index is 0.0353. The summed E-state index contributed by atoms with van der Waals surface area (Å²) < 4.78 is 0. The molecule has 0 spiro atoms. The largest absolute Gasteiger partial charge is 0.270 e. The second kappa shape index (κ2) is 5.46. The Hall–Kier alpha value is -2.52. The molecular formula is C15H11N3O2S. The molecule has 1 heterocycles. The van der Waals surface area contributed by atoms with E-state index in [9.17, 15) is 15.4 Å². The van der Waals surface area contributed by atoms with Crippen LogP contribution >= 0.6 is 11.3 Å². The Kier molecular flexibility index (Phi) is 3.50. The number of hydrogen-bond donors (Lipinski definition) is 0. The van der Waals surface area contributed by atoms with Crippen LogP contribution in [-0.2, 0) is 12.8 Å². The van der Waals surface area contributed by atoms with Gasteiger partial charge in [0.05, 0.1) is 10.5 Å². The van der Waals surface area contributed by atoms with E-state index in [1.165, 1.54) is 17.0 Å². The first-order chi connectivity index (χ1) is 10.2. The Bertz CT molecular complexity index is 787. The van der Waals surface area contributed by atoms with E-state index in [1.54, 1.807) is 29.7 Å². The van der Waals surface area contributed by atoms with Gasteiger partial charge in [0.25, 0.3) is 5.69 Å². The lowest BCUT2D eigenvalue weighted by molar-refractivity contribution is -0.384. The van der Waals surface area contributed by atoms with E-state index in [1.807, 2.05) is 0 Å². The number of nitro benzene ring substituents is 1. The van der Waals surface area contributed by atoms with Crippen LogP contribution in [0.2, 0.25) is 0 Å². The number of nitrogens with zero attached hydrogens (tertiary/aromatic N) is 3. The molecule has 1 aromatic heterocycles. The van der Waals surface area contributed by atoms with E-state index in [-0.39, 0.29) is 5.69 Å². The molecule has 0 unspecified atom stereocenters. The molecule has 0 radical (unpaired) electrons. The van der Waals surface area contributed by atoms with Crippen LogP contribution in [0.5, 0.6) is 0 Å². The van der Waals surface area contributed by atoms with Crippen molar-refractivity contribution in [3.05, 3.63) is 55.9 Å². The summed E-state index contributed by atoms with van der Waals surface area (Å²) in [6.07, 6.45) is 4.64. The number of nitriles is 1. The van der Waals surface area contributed by atoms with Crippen LogP contribution in [0, 0.1) is 21.4 Å². The molecule has 1 aliphatic rings. The fourth-order valence-electron chi connectivity index (χ4n) is 2.45. The van der Waals surface area contributed by atoms with Gasteiger partial charge < -0.3 is 0 Å². The van der Waals surface area contributed by atoms with Crippen molar-refractivity contribution < 1.29 is 4.92 Å². The molecule has 3 rings (SSSR count). The number of rotatable bonds is 3. The molecule has 0 fully saturated rings. The lowest BCUT2D eigenvalue weighted by Crippen LogP contribution is -1.89. The maximum Gasteiger partial charge on any atom is 0.270 e. The minimum Gasteiger partial charge on any atom is -0.258 e. The Morgan fingerprint density at radius 3 is 3.05 bits per heavy atom. The van der Waals surface area contributed by atoms with Crippen molar-refractivity contribution in [2.24, 2.45) is 4.99 Å². The van der Waals surface area contributed by atoms with Crippen LogP contribution in [0.3, 0.4) is 0 Å². The smallest absolute Gasteiger partial charge is 0.258 e. The van der Waals surface area contributed by atoms with Gasteiger partial charge in [0.2, 0.25) is 0 Å². The number of benzene rings is 1. The Balaban J connectivity index is 1.92. The number of hydrogen-bond acceptors (Lipinski definition) is 5. The zero-order valence-electron chi connectivity index (χ0n) is 11.1. The summed E-state index contributed by atoms with van der Waals surface area (Å²) in [5.41, 5.74) is 2.48. The molecule has 0 aliphatic heterocycles. The van der Waals surface area contributed by atoms with Gasteiger partial charge in [-0.05, 0) is 30.4 Å². The molecule has 5 nitrogen and oxygen atoms in total. The first kappa shape index (κ1) is 13.5. The highest BCUT2D eigenvalue weighted by Crippen LogP contribution is 2.40. The maximum atomic E-state index is 10.7. The van der Waals surface area contributed by atoms with Gasteiger partial charge in [0.1, 0.15) is 11.1 Å². The van der Waals surface area contributed by atoms with Crippen LogP contribution in [0.15, 0.2) is 29.3 Å². The lowest BCUT2D eigenvalue weighted by atomic mass is 10.1. The van der Waals surface area contributed by atoms with Crippen LogP contribution in [0.25, 0.3) is 0 Å². The molecule has 6 heteroatoms. The predicted molar refractivity (Wildman–Crippen MR) is 81.4 cm³/mol. The average Bonchev–Trinajstić information content (AvgIpc) is 3.05. The fourth-order valence-corrected chi connectivity index (χ4v) is 3.63. The quantitative estimate of drug-likeness (QED) is 0.491. The summed E-state index contributed by atoms with van der Waals surface area (Å²) in [6, 6.07) is 8.52. The topological polar surface area (TPSA) is 79.3 Å². The predicted octanol–water partition coefficient (Wildman–Crippen LogP) is 3.77. The third kappa shape index (κ3) is 2.56. The van der Waals surface area contributed by atoms with Gasteiger partial charge in [-0.1, -0.05) is 12.1 Å². The van der Waals surface area contributed by atoms with E-state index in [2.05, 4.69) is 11.1 Å². The standard InChI is InChI=1S/C15H11N3O2S/c16-8-13-12-5-2-6-14(12)21-15(13)17-9-10-3-1-4-11(7-10)18(19)20/h1,3-4,7,9H,2,5-6H2. The van der Waals surface area contributed by atoms with Crippen LogP contribution in [-0.4, -0.2) is 11.1 Å². The normalized spacial score (nSPS) is 13.3. The SMILES string of the molecule is N#Cc1c(N=Cc2cccc([N+](=O)[O-])c2)sc2c1CCC2. The van der Waals surface area contributed by atoms with E-state index in [0.29, 0.717) is 16.1 Å². The summed E-state index contributed by atoms with van der Waals surface area (Å²) in [4.78, 5) is 15.9. The summed E-state index contributed by atoms with van der Waals surface area (Å²) in [6.45, 7) is 0. The molecule has 1 aliphatic carbocycles. The van der Waals surface area contributed by atoms with E-state index < -0.39 is 4.92 Å². The first-order valence-electron chi connectivity index (χ1n) is 6.52. The number of non-ortho nitro benzene ring substituents is 1.